The lowest BCUT2D eigenvalue weighted by molar-refractivity contribution is -0.147. The molecule has 5 rings (SSSR count). The summed E-state index contributed by atoms with van der Waals surface area (Å²) in [4.78, 5) is 63.0. The van der Waals surface area contributed by atoms with Gasteiger partial charge in [0.1, 0.15) is 5.01 Å². The van der Waals surface area contributed by atoms with Crippen molar-refractivity contribution in [3.05, 3.63) is 88.4 Å². The van der Waals surface area contributed by atoms with Gasteiger partial charge < -0.3 is 29.9 Å². The van der Waals surface area contributed by atoms with Crippen molar-refractivity contribution in [2.45, 2.75) is 102 Å². The van der Waals surface area contributed by atoms with E-state index in [2.05, 4.69) is 15.6 Å². The molecule has 2 aliphatic rings. The van der Waals surface area contributed by atoms with Gasteiger partial charge in [-0.1, -0.05) is 87.9 Å². The van der Waals surface area contributed by atoms with Crippen LogP contribution in [0.3, 0.4) is 0 Å². The number of carbonyl (C=O) groups excluding carboxylic acids is 4. The summed E-state index contributed by atoms with van der Waals surface area (Å²) in [6.45, 7) is 6.03. The highest BCUT2D eigenvalue weighted by Crippen LogP contribution is 2.36. The fourth-order valence-electron chi connectivity index (χ4n) is 8.20. The minimum atomic E-state index is -0.704. The van der Waals surface area contributed by atoms with Crippen LogP contribution < -0.4 is 10.6 Å². The molecule has 2 aromatic carbocycles. The van der Waals surface area contributed by atoms with Crippen LogP contribution in [0.5, 0.6) is 0 Å². The van der Waals surface area contributed by atoms with Crippen molar-refractivity contribution in [1.29, 1.82) is 0 Å². The summed E-state index contributed by atoms with van der Waals surface area (Å²) in [6, 6.07) is 18.9. The Morgan fingerprint density at radius 2 is 1.64 bits per heavy atom. The van der Waals surface area contributed by atoms with Crippen molar-refractivity contribution in [2.75, 3.05) is 34.4 Å². The fraction of sp³-hybridized carbons (Fsp3) is 0.558. The monoisotopic (exact) mass is 773 g/mol. The van der Waals surface area contributed by atoms with Gasteiger partial charge in [0.25, 0.3) is 0 Å². The molecule has 0 radical (unpaired) electrons. The minimum Gasteiger partial charge on any atom is -0.379 e. The van der Waals surface area contributed by atoms with Crippen molar-refractivity contribution in [2.24, 2.45) is 17.3 Å². The molecule has 1 saturated carbocycles. The van der Waals surface area contributed by atoms with Crippen LogP contribution in [0.25, 0.3) is 0 Å². The van der Waals surface area contributed by atoms with Crippen molar-refractivity contribution < 1.29 is 28.7 Å². The van der Waals surface area contributed by atoms with E-state index >= 15 is 0 Å². The van der Waals surface area contributed by atoms with Gasteiger partial charge in [0.2, 0.25) is 23.6 Å². The first kappa shape index (κ1) is 42.0. The standard InChI is InChI=1S/C43H59N5O6S/c1-29(40(51)46-33(41-44-22-24-55-41)25-30-15-9-7-10-16-30)39(54-6)34-21-14-23-48(34)36(49)26-35(53-5)38(32-19-13-20-32)47(4)37(50)28-45-42(52)43(2,3)27-31-17-11-8-12-18-31/h7-12,15-18,22,24,29,32-35,38-39H,13-14,19-21,23,25-28H2,1-6H3,(H,45,52)(H,46,51). The van der Waals surface area contributed by atoms with E-state index in [-0.39, 0.29) is 60.6 Å². The second kappa shape index (κ2) is 19.6. The molecule has 4 amide bonds. The SMILES string of the molecule is COC(CC(=O)N1CCCC1C(OC)C(C)C(=O)NC(Cc1ccccc1)c1nccs1)C(C1CCC1)N(C)C(=O)CNC(=O)C(C)(C)Cc1ccccc1. The Balaban J connectivity index is 1.22. The van der Waals surface area contributed by atoms with Gasteiger partial charge in [-0.2, -0.15) is 0 Å². The third-order valence-electron chi connectivity index (χ3n) is 11.6. The maximum absolute atomic E-state index is 14.2. The Bertz CT molecular complexity index is 1690. The summed E-state index contributed by atoms with van der Waals surface area (Å²) in [5.74, 6) is -1.02. The van der Waals surface area contributed by atoms with Crippen LogP contribution in [0.2, 0.25) is 0 Å². The fourth-order valence-corrected chi connectivity index (χ4v) is 8.89. The number of rotatable bonds is 19. The highest BCUT2D eigenvalue weighted by molar-refractivity contribution is 7.09. The van der Waals surface area contributed by atoms with E-state index in [4.69, 9.17) is 9.47 Å². The van der Waals surface area contributed by atoms with Crippen molar-refractivity contribution in [3.8, 4) is 0 Å². The van der Waals surface area contributed by atoms with E-state index in [9.17, 15) is 19.2 Å². The third-order valence-corrected chi connectivity index (χ3v) is 12.5. The van der Waals surface area contributed by atoms with E-state index in [0.29, 0.717) is 25.8 Å². The van der Waals surface area contributed by atoms with Gasteiger partial charge in [-0.25, -0.2) is 4.98 Å². The largest absolute Gasteiger partial charge is 0.379 e. The normalized spacial score (nSPS) is 18.7. The van der Waals surface area contributed by atoms with E-state index in [1.165, 1.54) is 11.3 Å². The molecule has 2 heterocycles. The van der Waals surface area contributed by atoms with Crippen LogP contribution in [0.4, 0.5) is 0 Å². The minimum absolute atomic E-state index is 0.0858. The number of likely N-dealkylation sites (N-methyl/N-ethyl adjacent to an activating group) is 1. The molecule has 11 nitrogen and oxygen atoms in total. The number of thiazole rings is 1. The second-order valence-electron chi connectivity index (χ2n) is 15.8. The van der Waals surface area contributed by atoms with E-state index in [1.54, 1.807) is 32.4 Å². The summed E-state index contributed by atoms with van der Waals surface area (Å²) in [6.07, 6.45) is 6.35. The third kappa shape index (κ3) is 10.8. The zero-order valence-corrected chi connectivity index (χ0v) is 34.1. The number of hydrogen-bond acceptors (Lipinski definition) is 8. The summed E-state index contributed by atoms with van der Waals surface area (Å²) in [5, 5.41) is 8.85. The Morgan fingerprint density at radius 3 is 2.22 bits per heavy atom. The molecule has 6 unspecified atom stereocenters. The molecule has 2 N–H and O–H groups in total. The van der Waals surface area contributed by atoms with Crippen molar-refractivity contribution in [3.63, 3.8) is 0 Å². The molecule has 1 aliphatic carbocycles. The number of benzene rings is 2. The molecule has 1 aliphatic heterocycles. The maximum atomic E-state index is 14.2. The predicted molar refractivity (Wildman–Crippen MR) is 214 cm³/mol. The number of methoxy groups -OCH3 is 2. The topological polar surface area (TPSA) is 130 Å². The predicted octanol–water partition coefficient (Wildman–Crippen LogP) is 5.60. The average molecular weight is 774 g/mol. The number of carbonyl (C=O) groups is 4. The molecule has 55 heavy (non-hydrogen) atoms. The molecule has 12 heteroatoms. The maximum Gasteiger partial charge on any atom is 0.242 e. The molecular formula is C43H59N5O6S. The first-order valence-corrected chi connectivity index (χ1v) is 20.5. The van der Waals surface area contributed by atoms with Crippen molar-refractivity contribution >= 4 is 35.0 Å². The number of amides is 4. The summed E-state index contributed by atoms with van der Waals surface area (Å²) < 4.78 is 12.0. The molecule has 0 bridgehead atoms. The van der Waals surface area contributed by atoms with Crippen LogP contribution in [-0.4, -0.2) is 97.1 Å². The molecule has 3 aromatic rings. The second-order valence-corrected chi connectivity index (χ2v) is 16.7. The lowest BCUT2D eigenvalue weighted by Crippen LogP contribution is -2.56. The molecule has 298 valence electrons. The van der Waals surface area contributed by atoms with E-state index in [1.807, 2.05) is 91.7 Å². The first-order valence-electron chi connectivity index (χ1n) is 19.6. The van der Waals surface area contributed by atoms with Gasteiger partial charge >= 0.3 is 0 Å². The number of likely N-dealkylation sites (tertiary alicyclic amines) is 1. The Hall–Kier alpha value is -4.13. The number of ether oxygens (including phenoxy) is 2. The van der Waals surface area contributed by atoms with Gasteiger partial charge in [-0.15, -0.1) is 11.3 Å². The zero-order chi connectivity index (χ0) is 39.5. The molecule has 6 atom stereocenters. The average Bonchev–Trinajstić information content (AvgIpc) is 3.88. The van der Waals surface area contributed by atoms with Crippen molar-refractivity contribution in [1.82, 2.24) is 25.4 Å². The van der Waals surface area contributed by atoms with Crippen LogP contribution in [0.1, 0.15) is 81.5 Å². The molecule has 2 fully saturated rings. The summed E-state index contributed by atoms with van der Waals surface area (Å²) >= 11 is 1.51. The highest BCUT2D eigenvalue weighted by Gasteiger charge is 2.44. The molecular weight excluding hydrogens is 715 g/mol. The van der Waals surface area contributed by atoms with Crippen LogP contribution in [-0.2, 0) is 41.5 Å². The highest BCUT2D eigenvalue weighted by atomic mass is 32.1. The van der Waals surface area contributed by atoms with E-state index < -0.39 is 23.5 Å². The zero-order valence-electron chi connectivity index (χ0n) is 33.2. The lowest BCUT2D eigenvalue weighted by atomic mass is 9.76. The smallest absolute Gasteiger partial charge is 0.242 e. The van der Waals surface area contributed by atoms with Crippen LogP contribution in [0, 0.1) is 17.3 Å². The number of nitrogens with one attached hydrogen (secondary N) is 2. The summed E-state index contributed by atoms with van der Waals surface area (Å²) in [7, 11) is 4.94. The van der Waals surface area contributed by atoms with Gasteiger partial charge in [0, 0.05) is 44.8 Å². The number of nitrogens with zero attached hydrogens (tertiary/aromatic N) is 3. The Kier molecular flexibility index (Phi) is 15.0. The first-order chi connectivity index (χ1) is 26.4. The Labute approximate surface area is 330 Å². The van der Waals surface area contributed by atoms with E-state index in [0.717, 1.165) is 41.8 Å². The van der Waals surface area contributed by atoms with Crippen LogP contribution >= 0.6 is 11.3 Å². The van der Waals surface area contributed by atoms with Gasteiger partial charge in [-0.3, -0.25) is 19.2 Å². The quantitative estimate of drug-likeness (QED) is 0.162. The Morgan fingerprint density at radius 1 is 0.964 bits per heavy atom. The number of aromatic nitrogens is 1. The summed E-state index contributed by atoms with van der Waals surface area (Å²) in [5.41, 5.74) is 1.45. The molecule has 0 spiro atoms. The molecule has 1 aromatic heterocycles. The number of hydrogen-bond donors (Lipinski definition) is 2. The van der Waals surface area contributed by atoms with Gasteiger partial charge in [0.05, 0.1) is 49.2 Å². The van der Waals surface area contributed by atoms with Gasteiger partial charge in [-0.05, 0) is 55.6 Å². The lowest BCUT2D eigenvalue weighted by Gasteiger charge is -2.43. The van der Waals surface area contributed by atoms with Crippen LogP contribution in [0.15, 0.2) is 72.2 Å². The molecule has 1 saturated heterocycles. The van der Waals surface area contributed by atoms with Gasteiger partial charge in [0.15, 0.2) is 0 Å².